The normalized spacial score (nSPS) is 10.3. The molecule has 0 saturated carbocycles. The van der Waals surface area contributed by atoms with Gasteiger partial charge in [-0.25, -0.2) is 9.48 Å². The van der Waals surface area contributed by atoms with Gasteiger partial charge in [0.15, 0.2) is 0 Å². The lowest BCUT2D eigenvalue weighted by Gasteiger charge is -2.08. The molecule has 1 heterocycles. The second-order valence-corrected chi connectivity index (χ2v) is 5.23. The van der Waals surface area contributed by atoms with Crippen LogP contribution in [-0.4, -0.2) is 27.8 Å². The van der Waals surface area contributed by atoms with Gasteiger partial charge in [0.25, 0.3) is 0 Å². The number of amides is 1. The Balaban J connectivity index is 1.72. The Morgan fingerprint density at radius 1 is 1.16 bits per heavy atom. The first-order valence-electron chi connectivity index (χ1n) is 7.59. The number of nitrogens with one attached hydrogen (secondary N) is 1. The third-order valence-electron chi connectivity index (χ3n) is 3.47. The highest BCUT2D eigenvalue weighted by molar-refractivity contribution is 5.90. The molecule has 0 saturated heterocycles. The Kier molecular flexibility index (Phi) is 4.84. The summed E-state index contributed by atoms with van der Waals surface area (Å²) in [5.74, 6) is 0.249. The number of ether oxygens (including phenoxy) is 1. The second-order valence-electron chi connectivity index (χ2n) is 5.23. The molecule has 1 N–H and O–H groups in total. The van der Waals surface area contributed by atoms with E-state index in [0.717, 1.165) is 10.2 Å². The van der Waals surface area contributed by atoms with E-state index in [1.54, 1.807) is 31.4 Å². The van der Waals surface area contributed by atoms with Crippen LogP contribution in [0, 0.1) is 0 Å². The lowest BCUT2D eigenvalue weighted by atomic mass is 10.2. The van der Waals surface area contributed by atoms with Crippen LogP contribution in [0.5, 0.6) is 5.75 Å². The van der Waals surface area contributed by atoms with Crippen molar-refractivity contribution < 1.29 is 9.53 Å². The first kappa shape index (κ1) is 16.4. The van der Waals surface area contributed by atoms with Gasteiger partial charge in [0.2, 0.25) is 5.91 Å². The van der Waals surface area contributed by atoms with Gasteiger partial charge in [-0.05, 0) is 12.1 Å². The van der Waals surface area contributed by atoms with Crippen LogP contribution in [0.2, 0.25) is 0 Å². The Bertz CT molecular complexity index is 938. The van der Waals surface area contributed by atoms with Crippen LogP contribution in [0.15, 0.2) is 65.6 Å². The molecular weight excluding hydrogens is 320 g/mol. The van der Waals surface area contributed by atoms with Crippen molar-refractivity contribution in [3.63, 3.8) is 0 Å². The van der Waals surface area contributed by atoms with Gasteiger partial charge in [-0.15, -0.1) is 0 Å². The molecule has 7 nitrogen and oxygen atoms in total. The van der Waals surface area contributed by atoms with Gasteiger partial charge in [-0.2, -0.15) is 10.1 Å². The highest BCUT2D eigenvalue weighted by Crippen LogP contribution is 2.16. The van der Waals surface area contributed by atoms with Gasteiger partial charge in [0, 0.05) is 17.3 Å². The molecule has 0 radical (unpaired) electrons. The number of benzene rings is 2. The predicted octanol–water partition coefficient (Wildman–Crippen LogP) is 1.95. The molecule has 0 spiro atoms. The van der Waals surface area contributed by atoms with Gasteiger partial charge in [-0.1, -0.05) is 36.4 Å². The SMILES string of the molecule is COc1cccc(NC(=O)Cn2ncc(-c3ccccc3)nc2=O)c1. The van der Waals surface area contributed by atoms with Gasteiger partial charge >= 0.3 is 5.69 Å². The third kappa shape index (κ3) is 4.08. The standard InChI is InChI=1S/C18H16N4O3/c1-25-15-9-5-8-14(10-15)20-17(23)12-22-18(24)21-16(11-19-22)13-6-3-2-4-7-13/h2-11H,12H2,1H3,(H,20,23). The van der Waals surface area contributed by atoms with E-state index < -0.39 is 5.69 Å². The molecule has 2 aromatic carbocycles. The number of carbonyl (C=O) groups excluding carboxylic acids is 1. The van der Waals surface area contributed by atoms with E-state index in [2.05, 4.69) is 15.4 Å². The maximum Gasteiger partial charge on any atom is 0.365 e. The Morgan fingerprint density at radius 2 is 1.96 bits per heavy atom. The number of methoxy groups -OCH3 is 1. The average molecular weight is 336 g/mol. The van der Waals surface area contributed by atoms with E-state index in [1.165, 1.54) is 6.20 Å². The van der Waals surface area contributed by atoms with E-state index in [4.69, 9.17) is 4.74 Å². The van der Waals surface area contributed by atoms with Gasteiger partial charge < -0.3 is 10.1 Å². The highest BCUT2D eigenvalue weighted by atomic mass is 16.5. The van der Waals surface area contributed by atoms with Crippen molar-refractivity contribution in [2.75, 3.05) is 12.4 Å². The number of rotatable bonds is 5. The number of hydrogen-bond acceptors (Lipinski definition) is 5. The molecule has 0 bridgehead atoms. The number of nitrogens with zero attached hydrogens (tertiary/aromatic N) is 3. The minimum absolute atomic E-state index is 0.224. The van der Waals surface area contributed by atoms with Crippen LogP contribution in [0.3, 0.4) is 0 Å². The summed E-state index contributed by atoms with van der Waals surface area (Å²) in [4.78, 5) is 28.2. The van der Waals surface area contributed by atoms with Crippen molar-refractivity contribution in [1.82, 2.24) is 14.8 Å². The van der Waals surface area contributed by atoms with Crippen molar-refractivity contribution in [3.05, 3.63) is 71.3 Å². The summed E-state index contributed by atoms with van der Waals surface area (Å²) in [5, 5.41) is 6.72. The molecule has 1 aromatic heterocycles. The monoisotopic (exact) mass is 336 g/mol. The summed E-state index contributed by atoms with van der Waals surface area (Å²) in [7, 11) is 1.55. The number of carbonyl (C=O) groups is 1. The second kappa shape index (κ2) is 7.39. The lowest BCUT2D eigenvalue weighted by Crippen LogP contribution is -2.31. The largest absolute Gasteiger partial charge is 0.497 e. The lowest BCUT2D eigenvalue weighted by molar-refractivity contribution is -0.117. The predicted molar refractivity (Wildman–Crippen MR) is 93.4 cm³/mol. The fourth-order valence-electron chi connectivity index (χ4n) is 2.26. The smallest absolute Gasteiger partial charge is 0.365 e. The van der Waals surface area contributed by atoms with Crippen LogP contribution in [0.25, 0.3) is 11.3 Å². The summed E-state index contributed by atoms with van der Waals surface area (Å²) in [6, 6.07) is 16.2. The topological polar surface area (TPSA) is 86.1 Å². The first-order chi connectivity index (χ1) is 12.2. The maximum atomic E-state index is 12.1. The van der Waals surface area contributed by atoms with Crippen LogP contribution < -0.4 is 15.7 Å². The van der Waals surface area contributed by atoms with Crippen molar-refractivity contribution in [3.8, 4) is 17.0 Å². The minimum Gasteiger partial charge on any atom is -0.497 e. The molecule has 3 rings (SSSR count). The summed E-state index contributed by atoms with van der Waals surface area (Å²) in [6.45, 7) is -0.224. The van der Waals surface area contributed by atoms with Crippen LogP contribution in [0.1, 0.15) is 0 Å². The van der Waals surface area contributed by atoms with Crippen molar-refractivity contribution in [1.29, 1.82) is 0 Å². The quantitative estimate of drug-likeness (QED) is 0.770. The van der Waals surface area contributed by atoms with Gasteiger partial charge in [0.1, 0.15) is 12.3 Å². The molecule has 0 aliphatic rings. The van der Waals surface area contributed by atoms with Crippen LogP contribution in [-0.2, 0) is 11.3 Å². The number of hydrogen-bond donors (Lipinski definition) is 1. The number of anilines is 1. The van der Waals surface area contributed by atoms with E-state index in [-0.39, 0.29) is 12.5 Å². The molecule has 0 unspecified atom stereocenters. The molecule has 25 heavy (non-hydrogen) atoms. The number of aromatic nitrogens is 3. The first-order valence-corrected chi connectivity index (χ1v) is 7.59. The minimum atomic E-state index is -0.581. The maximum absolute atomic E-state index is 12.1. The van der Waals surface area contributed by atoms with E-state index >= 15 is 0 Å². The molecule has 7 heteroatoms. The zero-order chi connectivity index (χ0) is 17.6. The summed E-state index contributed by atoms with van der Waals surface area (Å²) >= 11 is 0. The highest BCUT2D eigenvalue weighted by Gasteiger charge is 2.09. The summed E-state index contributed by atoms with van der Waals surface area (Å²) < 4.78 is 6.12. The van der Waals surface area contributed by atoms with Crippen LogP contribution >= 0.6 is 0 Å². The zero-order valence-electron chi connectivity index (χ0n) is 13.5. The van der Waals surface area contributed by atoms with Crippen LogP contribution in [0.4, 0.5) is 5.69 Å². The van der Waals surface area contributed by atoms with E-state index in [0.29, 0.717) is 17.1 Å². The fourth-order valence-corrected chi connectivity index (χ4v) is 2.26. The molecule has 0 aliphatic heterocycles. The van der Waals surface area contributed by atoms with Gasteiger partial charge in [0.05, 0.1) is 19.0 Å². The molecule has 3 aromatic rings. The molecular formula is C18H16N4O3. The summed E-state index contributed by atoms with van der Waals surface area (Å²) in [6.07, 6.45) is 1.47. The molecule has 126 valence electrons. The zero-order valence-corrected chi connectivity index (χ0v) is 13.5. The molecule has 0 fully saturated rings. The van der Waals surface area contributed by atoms with Gasteiger partial charge in [-0.3, -0.25) is 4.79 Å². The molecule has 1 amide bonds. The van der Waals surface area contributed by atoms with E-state index in [9.17, 15) is 9.59 Å². The third-order valence-corrected chi connectivity index (χ3v) is 3.47. The fraction of sp³-hybridized carbons (Fsp3) is 0.111. The Labute approximate surface area is 143 Å². The summed E-state index contributed by atoms with van der Waals surface area (Å²) in [5.41, 5.74) is 1.25. The van der Waals surface area contributed by atoms with Crippen molar-refractivity contribution >= 4 is 11.6 Å². The Hall–Kier alpha value is -3.48. The molecule has 0 aliphatic carbocycles. The van der Waals surface area contributed by atoms with E-state index in [1.807, 2.05) is 30.3 Å². The molecule has 0 atom stereocenters. The Morgan fingerprint density at radius 3 is 2.68 bits per heavy atom. The van der Waals surface area contributed by atoms with Crippen molar-refractivity contribution in [2.45, 2.75) is 6.54 Å². The average Bonchev–Trinajstić information content (AvgIpc) is 2.64. The van der Waals surface area contributed by atoms with Crippen molar-refractivity contribution in [2.24, 2.45) is 0 Å².